The monoisotopic (exact) mass is 567 g/mol. The predicted molar refractivity (Wildman–Crippen MR) is 150 cm³/mol. The van der Waals surface area contributed by atoms with Crippen molar-refractivity contribution in [2.24, 2.45) is 5.10 Å². The minimum Gasteiger partial charge on any atom is -0.496 e. The van der Waals surface area contributed by atoms with E-state index in [-0.39, 0.29) is 11.5 Å². The van der Waals surface area contributed by atoms with E-state index < -0.39 is 0 Å². The highest BCUT2D eigenvalue weighted by molar-refractivity contribution is 9.10. The van der Waals surface area contributed by atoms with Crippen LogP contribution in [0.5, 0.6) is 11.5 Å². The van der Waals surface area contributed by atoms with E-state index in [1.165, 1.54) is 4.68 Å². The number of benzene rings is 3. The molecule has 0 aliphatic rings. The number of aromatic nitrogens is 2. The lowest BCUT2D eigenvalue weighted by Gasteiger charge is -2.17. The fraction of sp³-hybridized carbons (Fsp3) is 0.250. The lowest BCUT2D eigenvalue weighted by Crippen LogP contribution is -2.20. The molecule has 6 nitrogen and oxygen atoms in total. The number of nitrogens with zero attached hydrogens (tertiary/aromatic N) is 3. The molecule has 0 spiro atoms. The standard InChI is InChI=1S/C28H27BrClN3O3/c1-6-36-26-22(29)12-18(13-23(26)30)15-31-33-27(32-24-10-8-7-9-19(24)28(33)34)21-14-20(16(2)3)25(35-5)11-17(21)4/h7-16H,6H2,1-5H3. The van der Waals surface area contributed by atoms with Gasteiger partial charge in [-0.1, -0.05) is 37.6 Å². The molecule has 0 aliphatic carbocycles. The zero-order valence-corrected chi connectivity index (χ0v) is 23.1. The van der Waals surface area contributed by atoms with Crippen molar-refractivity contribution in [3.8, 4) is 22.9 Å². The summed E-state index contributed by atoms with van der Waals surface area (Å²) < 4.78 is 13.3. The number of halogens is 2. The second-order valence-corrected chi connectivity index (χ2v) is 9.89. The highest BCUT2D eigenvalue weighted by Gasteiger charge is 2.18. The molecule has 0 aliphatic heterocycles. The SMILES string of the molecule is CCOc1c(Cl)cc(C=Nn2c(-c3cc(C(C)C)c(OC)cc3C)nc3ccccc3c2=O)cc1Br. The lowest BCUT2D eigenvalue weighted by atomic mass is 9.96. The van der Waals surface area contributed by atoms with Gasteiger partial charge in [0.1, 0.15) is 5.75 Å². The van der Waals surface area contributed by atoms with E-state index in [9.17, 15) is 4.79 Å². The Morgan fingerprint density at radius 1 is 1.19 bits per heavy atom. The Labute approximate surface area is 223 Å². The summed E-state index contributed by atoms with van der Waals surface area (Å²) in [5.41, 5.74) is 3.81. The summed E-state index contributed by atoms with van der Waals surface area (Å²) in [5, 5.41) is 5.52. The maximum absolute atomic E-state index is 13.6. The minimum absolute atomic E-state index is 0.215. The number of para-hydroxylation sites is 1. The van der Waals surface area contributed by atoms with Crippen molar-refractivity contribution in [2.45, 2.75) is 33.6 Å². The zero-order valence-electron chi connectivity index (χ0n) is 20.8. The van der Waals surface area contributed by atoms with Crippen molar-refractivity contribution < 1.29 is 9.47 Å². The van der Waals surface area contributed by atoms with Crippen molar-refractivity contribution in [2.75, 3.05) is 13.7 Å². The summed E-state index contributed by atoms with van der Waals surface area (Å²) in [4.78, 5) is 18.5. The molecule has 3 aromatic carbocycles. The number of ether oxygens (including phenoxy) is 2. The van der Waals surface area contributed by atoms with E-state index >= 15 is 0 Å². The summed E-state index contributed by atoms with van der Waals surface area (Å²) in [6.45, 7) is 8.56. The fourth-order valence-electron chi connectivity index (χ4n) is 4.03. The highest BCUT2D eigenvalue weighted by atomic mass is 79.9. The summed E-state index contributed by atoms with van der Waals surface area (Å²) in [6.07, 6.45) is 1.59. The third-order valence-corrected chi connectivity index (χ3v) is 6.69. The number of hydrogen-bond acceptors (Lipinski definition) is 5. The molecule has 8 heteroatoms. The molecule has 0 saturated heterocycles. The van der Waals surface area contributed by atoms with E-state index in [1.54, 1.807) is 25.5 Å². The van der Waals surface area contributed by atoms with E-state index in [2.05, 4.69) is 34.9 Å². The maximum Gasteiger partial charge on any atom is 0.282 e. The van der Waals surface area contributed by atoms with Crippen LogP contribution in [0, 0.1) is 6.92 Å². The number of rotatable bonds is 7. The van der Waals surface area contributed by atoms with Gasteiger partial charge in [-0.05, 0) is 88.8 Å². The van der Waals surface area contributed by atoms with Crippen LogP contribution in [0.1, 0.15) is 43.4 Å². The smallest absolute Gasteiger partial charge is 0.282 e. The maximum atomic E-state index is 13.6. The average Bonchev–Trinajstić information content (AvgIpc) is 2.85. The molecule has 186 valence electrons. The third-order valence-electron chi connectivity index (χ3n) is 5.82. The predicted octanol–water partition coefficient (Wildman–Crippen LogP) is 7.20. The van der Waals surface area contributed by atoms with Gasteiger partial charge in [0.05, 0.1) is 40.3 Å². The van der Waals surface area contributed by atoms with Gasteiger partial charge in [-0.3, -0.25) is 4.79 Å². The summed E-state index contributed by atoms with van der Waals surface area (Å²) in [5.74, 6) is 2.04. The molecule has 0 saturated carbocycles. The van der Waals surface area contributed by atoms with Crippen molar-refractivity contribution in [3.63, 3.8) is 0 Å². The zero-order chi connectivity index (χ0) is 26.0. The molecule has 0 bridgehead atoms. The largest absolute Gasteiger partial charge is 0.496 e. The summed E-state index contributed by atoms with van der Waals surface area (Å²) in [6, 6.07) is 14.9. The van der Waals surface area contributed by atoms with Gasteiger partial charge in [-0.25, -0.2) is 4.98 Å². The molecule has 0 amide bonds. The molecule has 0 atom stereocenters. The number of aryl methyl sites for hydroxylation is 1. The highest BCUT2D eigenvalue weighted by Crippen LogP contribution is 2.35. The quantitative estimate of drug-likeness (QED) is 0.221. The normalized spacial score (nSPS) is 11.6. The molecule has 0 N–H and O–H groups in total. The van der Waals surface area contributed by atoms with Crippen LogP contribution in [-0.4, -0.2) is 29.6 Å². The lowest BCUT2D eigenvalue weighted by molar-refractivity contribution is 0.338. The molecular weight excluding hydrogens is 542 g/mol. The van der Waals surface area contributed by atoms with Crippen molar-refractivity contribution >= 4 is 44.6 Å². The molecule has 36 heavy (non-hydrogen) atoms. The van der Waals surface area contributed by atoms with Crippen LogP contribution in [0.4, 0.5) is 0 Å². The molecule has 0 fully saturated rings. The van der Waals surface area contributed by atoms with Crippen LogP contribution in [0.15, 0.2) is 62.9 Å². The topological polar surface area (TPSA) is 65.7 Å². The molecular formula is C28H27BrClN3O3. The molecule has 0 radical (unpaired) electrons. The molecule has 1 heterocycles. The Kier molecular flexibility index (Phi) is 7.81. The second-order valence-electron chi connectivity index (χ2n) is 8.62. The molecule has 4 rings (SSSR count). The average molecular weight is 569 g/mol. The van der Waals surface area contributed by atoms with Gasteiger partial charge in [0.2, 0.25) is 0 Å². The second kappa shape index (κ2) is 10.8. The van der Waals surface area contributed by atoms with Gasteiger partial charge in [0.15, 0.2) is 11.6 Å². The number of methoxy groups -OCH3 is 1. The van der Waals surface area contributed by atoms with Gasteiger partial charge < -0.3 is 9.47 Å². The van der Waals surface area contributed by atoms with Gasteiger partial charge in [-0.2, -0.15) is 9.78 Å². The van der Waals surface area contributed by atoms with Crippen LogP contribution in [0.2, 0.25) is 5.02 Å². The first kappa shape index (κ1) is 25.9. The first-order valence-corrected chi connectivity index (χ1v) is 12.8. The van der Waals surface area contributed by atoms with Crippen molar-refractivity contribution in [1.29, 1.82) is 0 Å². The van der Waals surface area contributed by atoms with E-state index in [0.29, 0.717) is 44.1 Å². The van der Waals surface area contributed by atoms with E-state index in [0.717, 1.165) is 22.4 Å². The van der Waals surface area contributed by atoms with Crippen LogP contribution >= 0.6 is 27.5 Å². The minimum atomic E-state index is -0.260. The fourth-order valence-corrected chi connectivity index (χ4v) is 5.02. The van der Waals surface area contributed by atoms with Crippen molar-refractivity contribution in [1.82, 2.24) is 9.66 Å². The first-order chi connectivity index (χ1) is 17.2. The van der Waals surface area contributed by atoms with Gasteiger partial charge in [-0.15, -0.1) is 0 Å². The van der Waals surface area contributed by atoms with Crippen LogP contribution in [0.3, 0.4) is 0 Å². The third kappa shape index (κ3) is 5.04. The Bertz CT molecular complexity index is 1510. The Morgan fingerprint density at radius 3 is 2.61 bits per heavy atom. The Morgan fingerprint density at radius 2 is 1.94 bits per heavy atom. The first-order valence-electron chi connectivity index (χ1n) is 11.6. The Balaban J connectivity index is 1.94. The van der Waals surface area contributed by atoms with E-state index in [4.69, 9.17) is 26.1 Å². The molecule has 1 aromatic heterocycles. The van der Waals surface area contributed by atoms with Crippen LogP contribution in [-0.2, 0) is 0 Å². The van der Waals surface area contributed by atoms with Gasteiger partial charge >= 0.3 is 0 Å². The number of hydrogen-bond donors (Lipinski definition) is 0. The summed E-state index contributed by atoms with van der Waals surface area (Å²) in [7, 11) is 1.66. The molecule has 0 unspecified atom stereocenters. The number of fused-ring (bicyclic) bond motifs is 1. The van der Waals surface area contributed by atoms with E-state index in [1.807, 2.05) is 50.2 Å². The van der Waals surface area contributed by atoms with Gasteiger partial charge in [0, 0.05) is 5.56 Å². The summed E-state index contributed by atoms with van der Waals surface area (Å²) >= 11 is 9.92. The molecule has 4 aromatic rings. The van der Waals surface area contributed by atoms with Gasteiger partial charge in [0.25, 0.3) is 5.56 Å². The van der Waals surface area contributed by atoms with Crippen LogP contribution in [0.25, 0.3) is 22.3 Å². The van der Waals surface area contributed by atoms with Crippen molar-refractivity contribution in [3.05, 3.63) is 85.1 Å². The van der Waals surface area contributed by atoms with Crippen LogP contribution < -0.4 is 15.0 Å². The Hall–Kier alpha value is -3.16.